The van der Waals surface area contributed by atoms with Crippen molar-refractivity contribution in [3.05, 3.63) is 60.0 Å². The van der Waals surface area contributed by atoms with E-state index in [1.54, 1.807) is 21.1 Å². The van der Waals surface area contributed by atoms with Gasteiger partial charge < -0.3 is 18.9 Å². The minimum Gasteiger partial charge on any atom is -0.497 e. The van der Waals surface area contributed by atoms with Crippen molar-refractivity contribution in [3.8, 4) is 22.9 Å². The molecule has 1 amide bonds. The summed E-state index contributed by atoms with van der Waals surface area (Å²) >= 11 is 0. The van der Waals surface area contributed by atoms with Crippen molar-refractivity contribution < 1.29 is 18.8 Å². The molecule has 0 saturated carbocycles. The van der Waals surface area contributed by atoms with E-state index in [1.807, 2.05) is 48.5 Å². The molecular formula is C23H27N3O4. The van der Waals surface area contributed by atoms with Gasteiger partial charge in [0.15, 0.2) is 6.10 Å². The summed E-state index contributed by atoms with van der Waals surface area (Å²) in [5.41, 5.74) is 1.85. The Balaban J connectivity index is 1.65. The molecule has 1 atom stereocenters. The molecule has 0 N–H and O–H groups in total. The van der Waals surface area contributed by atoms with Crippen LogP contribution in [-0.4, -0.2) is 41.2 Å². The van der Waals surface area contributed by atoms with Crippen LogP contribution in [0.4, 0.5) is 0 Å². The van der Waals surface area contributed by atoms with Crippen molar-refractivity contribution in [2.75, 3.05) is 14.2 Å². The maximum absolute atomic E-state index is 12.8. The first kappa shape index (κ1) is 21.4. The molecule has 7 heteroatoms. The monoisotopic (exact) mass is 409 g/mol. The van der Waals surface area contributed by atoms with Gasteiger partial charge in [-0.05, 0) is 36.6 Å². The highest BCUT2D eigenvalue weighted by Crippen LogP contribution is 2.27. The Hall–Kier alpha value is -3.35. The maximum atomic E-state index is 12.8. The zero-order chi connectivity index (χ0) is 21.7. The first-order chi connectivity index (χ1) is 14.4. The van der Waals surface area contributed by atoms with Gasteiger partial charge in [-0.3, -0.25) is 4.79 Å². The number of ether oxygens (including phenoxy) is 2. The predicted octanol–water partition coefficient (Wildman–Crippen LogP) is 4.29. The van der Waals surface area contributed by atoms with Gasteiger partial charge in [0.25, 0.3) is 5.91 Å². The second-order valence-corrected chi connectivity index (χ2v) is 7.39. The SMILES string of the molecule is COc1cccc(-c2noc(CN(C)C(=O)[C@H](C)Oc3ccccc3C(C)C)n2)c1. The fourth-order valence-electron chi connectivity index (χ4n) is 3.10. The van der Waals surface area contributed by atoms with Crippen LogP contribution in [0.5, 0.6) is 11.5 Å². The second-order valence-electron chi connectivity index (χ2n) is 7.39. The van der Waals surface area contributed by atoms with Gasteiger partial charge in [0.2, 0.25) is 11.7 Å². The summed E-state index contributed by atoms with van der Waals surface area (Å²) in [6.45, 7) is 6.12. The quantitative estimate of drug-likeness (QED) is 0.552. The Morgan fingerprint density at radius 2 is 1.90 bits per heavy atom. The molecular weight excluding hydrogens is 382 g/mol. The highest BCUT2D eigenvalue weighted by Gasteiger charge is 2.22. The topological polar surface area (TPSA) is 77.7 Å². The molecule has 0 aliphatic rings. The van der Waals surface area contributed by atoms with E-state index in [0.717, 1.165) is 16.9 Å². The van der Waals surface area contributed by atoms with Gasteiger partial charge in [0, 0.05) is 12.6 Å². The third-order valence-electron chi connectivity index (χ3n) is 4.74. The van der Waals surface area contributed by atoms with Crippen LogP contribution in [0.3, 0.4) is 0 Å². The molecule has 30 heavy (non-hydrogen) atoms. The summed E-state index contributed by atoms with van der Waals surface area (Å²) < 4.78 is 16.5. The molecule has 158 valence electrons. The Labute approximate surface area is 176 Å². The van der Waals surface area contributed by atoms with Crippen LogP contribution >= 0.6 is 0 Å². The lowest BCUT2D eigenvalue weighted by molar-refractivity contribution is -0.137. The van der Waals surface area contributed by atoms with Gasteiger partial charge in [-0.15, -0.1) is 0 Å². The number of benzene rings is 2. The van der Waals surface area contributed by atoms with E-state index in [1.165, 1.54) is 4.90 Å². The molecule has 0 bridgehead atoms. The molecule has 2 aromatic carbocycles. The fourth-order valence-corrected chi connectivity index (χ4v) is 3.10. The number of hydrogen-bond donors (Lipinski definition) is 0. The van der Waals surface area contributed by atoms with E-state index in [2.05, 4.69) is 24.0 Å². The van der Waals surface area contributed by atoms with Gasteiger partial charge in [-0.1, -0.05) is 49.3 Å². The number of nitrogens with zero attached hydrogens (tertiary/aromatic N) is 3. The lowest BCUT2D eigenvalue weighted by Crippen LogP contribution is -2.37. The summed E-state index contributed by atoms with van der Waals surface area (Å²) in [5, 5.41) is 4.01. The molecule has 0 spiro atoms. The molecule has 0 radical (unpaired) electrons. The number of para-hydroxylation sites is 1. The number of likely N-dealkylation sites (N-methyl/N-ethyl adjacent to an activating group) is 1. The van der Waals surface area contributed by atoms with E-state index >= 15 is 0 Å². The van der Waals surface area contributed by atoms with Gasteiger partial charge >= 0.3 is 0 Å². The third-order valence-corrected chi connectivity index (χ3v) is 4.74. The molecule has 3 rings (SSSR count). The van der Waals surface area contributed by atoms with E-state index < -0.39 is 6.10 Å². The highest BCUT2D eigenvalue weighted by atomic mass is 16.5. The van der Waals surface area contributed by atoms with Crippen LogP contribution in [0.2, 0.25) is 0 Å². The van der Waals surface area contributed by atoms with Crippen molar-refractivity contribution >= 4 is 5.91 Å². The summed E-state index contributed by atoms with van der Waals surface area (Å²) in [7, 11) is 3.29. The molecule has 7 nitrogen and oxygen atoms in total. The van der Waals surface area contributed by atoms with Crippen LogP contribution in [-0.2, 0) is 11.3 Å². The Kier molecular flexibility index (Phi) is 6.72. The van der Waals surface area contributed by atoms with Crippen LogP contribution in [0.25, 0.3) is 11.4 Å². The standard InChI is InChI=1S/C23H27N3O4/c1-15(2)19-11-6-7-12-20(19)29-16(3)23(27)26(4)14-21-24-22(25-30-21)17-9-8-10-18(13-17)28-5/h6-13,15-16H,14H2,1-5H3/t16-/m0/s1. The first-order valence-electron chi connectivity index (χ1n) is 9.86. The second kappa shape index (κ2) is 9.43. The smallest absolute Gasteiger partial charge is 0.263 e. The van der Waals surface area contributed by atoms with Crippen molar-refractivity contribution in [2.45, 2.75) is 39.3 Å². The number of carbonyl (C=O) groups excluding carboxylic acids is 1. The van der Waals surface area contributed by atoms with Gasteiger partial charge in [0.1, 0.15) is 11.5 Å². The minimum absolute atomic E-state index is 0.172. The summed E-state index contributed by atoms with van der Waals surface area (Å²) in [5.74, 6) is 2.35. The Morgan fingerprint density at radius 1 is 1.13 bits per heavy atom. The van der Waals surface area contributed by atoms with Gasteiger partial charge in [0.05, 0.1) is 13.7 Å². The molecule has 1 heterocycles. The number of amides is 1. The molecule has 0 unspecified atom stereocenters. The molecule has 3 aromatic rings. The lowest BCUT2D eigenvalue weighted by Gasteiger charge is -2.22. The zero-order valence-corrected chi connectivity index (χ0v) is 18.0. The van der Waals surface area contributed by atoms with Crippen molar-refractivity contribution in [1.29, 1.82) is 0 Å². The van der Waals surface area contributed by atoms with Crippen LogP contribution in [0, 0.1) is 0 Å². The molecule has 1 aromatic heterocycles. The van der Waals surface area contributed by atoms with Crippen molar-refractivity contribution in [2.24, 2.45) is 0 Å². The summed E-state index contributed by atoms with van der Waals surface area (Å²) in [4.78, 5) is 18.7. The van der Waals surface area contributed by atoms with Crippen molar-refractivity contribution in [1.82, 2.24) is 15.0 Å². The van der Waals surface area contributed by atoms with Crippen LogP contribution in [0.15, 0.2) is 53.1 Å². The Morgan fingerprint density at radius 3 is 2.63 bits per heavy atom. The van der Waals surface area contributed by atoms with E-state index in [4.69, 9.17) is 14.0 Å². The largest absolute Gasteiger partial charge is 0.497 e. The molecule has 0 saturated heterocycles. The average molecular weight is 409 g/mol. The fraction of sp³-hybridized carbons (Fsp3) is 0.348. The number of carbonyl (C=O) groups is 1. The van der Waals surface area contributed by atoms with E-state index in [-0.39, 0.29) is 12.5 Å². The Bertz CT molecular complexity index is 999. The minimum atomic E-state index is -0.643. The zero-order valence-electron chi connectivity index (χ0n) is 18.0. The number of hydrogen-bond acceptors (Lipinski definition) is 6. The van der Waals surface area contributed by atoms with Crippen LogP contribution in [0.1, 0.15) is 38.1 Å². The molecule has 0 fully saturated rings. The summed E-state index contributed by atoms with van der Waals surface area (Å²) in [6, 6.07) is 15.2. The average Bonchev–Trinajstić information content (AvgIpc) is 3.21. The first-order valence-corrected chi connectivity index (χ1v) is 9.86. The van der Waals surface area contributed by atoms with Crippen molar-refractivity contribution in [3.63, 3.8) is 0 Å². The number of rotatable bonds is 8. The predicted molar refractivity (Wildman–Crippen MR) is 113 cm³/mol. The van der Waals surface area contributed by atoms with Crippen LogP contribution < -0.4 is 9.47 Å². The number of methoxy groups -OCH3 is 1. The highest BCUT2D eigenvalue weighted by molar-refractivity contribution is 5.80. The molecule has 0 aliphatic carbocycles. The summed E-state index contributed by atoms with van der Waals surface area (Å²) in [6.07, 6.45) is -0.643. The molecule has 0 aliphatic heterocycles. The van der Waals surface area contributed by atoms with E-state index in [9.17, 15) is 4.79 Å². The van der Waals surface area contributed by atoms with E-state index in [0.29, 0.717) is 23.4 Å². The normalized spacial score (nSPS) is 11.9. The lowest BCUT2D eigenvalue weighted by atomic mass is 10.0. The third kappa shape index (κ3) is 4.97. The maximum Gasteiger partial charge on any atom is 0.263 e. The number of aromatic nitrogens is 2. The van der Waals surface area contributed by atoms with Gasteiger partial charge in [-0.2, -0.15) is 4.98 Å². The van der Waals surface area contributed by atoms with Gasteiger partial charge in [-0.25, -0.2) is 0 Å².